The van der Waals surface area contributed by atoms with Gasteiger partial charge in [0.05, 0.1) is 21.3 Å². The van der Waals surface area contributed by atoms with Crippen LogP contribution in [-0.4, -0.2) is 21.3 Å². The van der Waals surface area contributed by atoms with E-state index in [4.69, 9.17) is 24.7 Å². The number of nitrogens with two attached hydrogens (primary N) is 1. The zero-order valence-electron chi connectivity index (χ0n) is 12.0. The van der Waals surface area contributed by atoms with Gasteiger partial charge >= 0.3 is 0 Å². The lowest BCUT2D eigenvalue weighted by Gasteiger charge is -2.14. The number of rotatable bonds is 5. The van der Waals surface area contributed by atoms with Crippen LogP contribution in [0.3, 0.4) is 0 Å². The van der Waals surface area contributed by atoms with Crippen LogP contribution in [0.15, 0.2) is 30.3 Å². The van der Waals surface area contributed by atoms with Crippen molar-refractivity contribution in [1.29, 1.82) is 0 Å². The molecule has 2 N–H and O–H groups in total. The molecule has 0 aliphatic heterocycles. The molecule has 0 aliphatic carbocycles. The first-order valence-corrected chi connectivity index (χ1v) is 6.12. The van der Waals surface area contributed by atoms with Gasteiger partial charge in [-0.15, -0.1) is 0 Å². The number of anilines is 1. The van der Waals surface area contributed by atoms with Gasteiger partial charge in [0.25, 0.3) is 0 Å². The Hall–Kier alpha value is -2.63. The minimum atomic E-state index is -0.552. The fourth-order valence-electron chi connectivity index (χ4n) is 1.84. The first-order chi connectivity index (χ1) is 10.1. The smallest absolute Gasteiger partial charge is 0.203 e. The van der Waals surface area contributed by atoms with E-state index in [2.05, 4.69) is 0 Å². The first kappa shape index (κ1) is 14.8. The molecule has 0 atom stereocenters. The highest BCUT2D eigenvalue weighted by Crippen LogP contribution is 2.42. The number of hydrogen-bond donors (Lipinski definition) is 1. The van der Waals surface area contributed by atoms with Gasteiger partial charge < -0.3 is 24.7 Å². The van der Waals surface area contributed by atoms with Crippen LogP contribution in [0, 0.1) is 5.82 Å². The van der Waals surface area contributed by atoms with Crippen LogP contribution in [0.2, 0.25) is 0 Å². The normalized spacial score (nSPS) is 10.1. The minimum Gasteiger partial charge on any atom is -0.493 e. The zero-order valence-corrected chi connectivity index (χ0v) is 12.0. The van der Waals surface area contributed by atoms with Gasteiger partial charge in [-0.05, 0) is 12.1 Å². The van der Waals surface area contributed by atoms with Gasteiger partial charge in [-0.1, -0.05) is 0 Å². The Morgan fingerprint density at radius 1 is 0.857 bits per heavy atom. The molecule has 0 heterocycles. The summed E-state index contributed by atoms with van der Waals surface area (Å²) < 4.78 is 34.9. The predicted octanol–water partition coefficient (Wildman–Crippen LogP) is 3.23. The van der Waals surface area contributed by atoms with Crippen molar-refractivity contribution in [3.8, 4) is 28.7 Å². The number of halogens is 1. The monoisotopic (exact) mass is 293 g/mol. The Morgan fingerprint density at radius 2 is 1.48 bits per heavy atom. The second-order valence-electron chi connectivity index (χ2n) is 4.15. The maximum Gasteiger partial charge on any atom is 0.203 e. The Kier molecular flexibility index (Phi) is 4.37. The fraction of sp³-hybridized carbons (Fsp3) is 0.200. The average Bonchev–Trinajstić information content (AvgIpc) is 2.49. The Bertz CT molecular complexity index is 621. The summed E-state index contributed by atoms with van der Waals surface area (Å²) in [5, 5.41) is 0. The number of hydrogen-bond acceptors (Lipinski definition) is 5. The van der Waals surface area contributed by atoms with E-state index < -0.39 is 5.82 Å². The van der Waals surface area contributed by atoms with Gasteiger partial charge in [0.2, 0.25) is 5.75 Å². The molecular weight excluding hydrogens is 277 g/mol. The van der Waals surface area contributed by atoms with Crippen LogP contribution in [0.5, 0.6) is 28.7 Å². The van der Waals surface area contributed by atoms with Crippen LogP contribution in [0.25, 0.3) is 0 Å². The van der Waals surface area contributed by atoms with Crippen LogP contribution in [-0.2, 0) is 0 Å². The molecule has 2 aromatic carbocycles. The Morgan fingerprint density at radius 3 is 1.95 bits per heavy atom. The van der Waals surface area contributed by atoms with Crippen molar-refractivity contribution in [2.45, 2.75) is 0 Å². The van der Waals surface area contributed by atoms with Crippen molar-refractivity contribution in [2.75, 3.05) is 27.1 Å². The summed E-state index contributed by atoms with van der Waals surface area (Å²) in [5.41, 5.74) is 5.82. The molecular formula is C15H16FNO4. The predicted molar refractivity (Wildman–Crippen MR) is 77.0 cm³/mol. The van der Waals surface area contributed by atoms with E-state index in [9.17, 15) is 4.39 Å². The molecule has 0 aromatic heterocycles. The third-order valence-corrected chi connectivity index (χ3v) is 2.82. The molecule has 0 amide bonds. The van der Waals surface area contributed by atoms with Crippen LogP contribution in [0.1, 0.15) is 0 Å². The third-order valence-electron chi connectivity index (χ3n) is 2.82. The van der Waals surface area contributed by atoms with E-state index in [0.29, 0.717) is 28.7 Å². The highest BCUT2D eigenvalue weighted by Gasteiger charge is 2.15. The number of nitrogen functional groups attached to an aromatic ring is 1. The molecule has 0 spiro atoms. The fourth-order valence-corrected chi connectivity index (χ4v) is 1.84. The second-order valence-corrected chi connectivity index (χ2v) is 4.15. The molecule has 0 saturated carbocycles. The van der Waals surface area contributed by atoms with Crippen molar-refractivity contribution < 1.29 is 23.3 Å². The maximum atomic E-state index is 13.8. The van der Waals surface area contributed by atoms with Gasteiger partial charge in [-0.25, -0.2) is 4.39 Å². The minimum absolute atomic E-state index is 0.0541. The SMILES string of the molecule is COc1cc(Oc2ccc(N)cc2F)cc(OC)c1OC. The number of methoxy groups -OCH3 is 3. The quantitative estimate of drug-likeness (QED) is 0.857. The molecule has 0 aliphatic rings. The van der Waals surface area contributed by atoms with Gasteiger partial charge in [-0.2, -0.15) is 0 Å². The molecule has 2 aromatic rings. The molecule has 0 bridgehead atoms. The highest BCUT2D eigenvalue weighted by atomic mass is 19.1. The Labute approximate surface area is 122 Å². The average molecular weight is 293 g/mol. The summed E-state index contributed by atoms with van der Waals surface area (Å²) in [6, 6.07) is 7.35. The molecule has 0 radical (unpaired) electrons. The molecule has 21 heavy (non-hydrogen) atoms. The van der Waals surface area contributed by atoms with E-state index in [-0.39, 0.29) is 5.75 Å². The van der Waals surface area contributed by atoms with E-state index in [0.717, 1.165) is 0 Å². The maximum absolute atomic E-state index is 13.8. The molecule has 5 nitrogen and oxygen atoms in total. The molecule has 0 fully saturated rings. The molecule has 6 heteroatoms. The summed E-state index contributed by atoms with van der Waals surface area (Å²) in [4.78, 5) is 0. The molecule has 0 saturated heterocycles. The van der Waals surface area contributed by atoms with Crippen molar-refractivity contribution in [1.82, 2.24) is 0 Å². The van der Waals surface area contributed by atoms with Crippen molar-refractivity contribution >= 4 is 5.69 Å². The lowest BCUT2D eigenvalue weighted by molar-refractivity contribution is 0.320. The van der Waals surface area contributed by atoms with Gasteiger partial charge in [-0.3, -0.25) is 0 Å². The lowest BCUT2D eigenvalue weighted by atomic mass is 10.2. The van der Waals surface area contributed by atoms with Crippen molar-refractivity contribution in [2.24, 2.45) is 0 Å². The van der Waals surface area contributed by atoms with Gasteiger partial charge in [0.15, 0.2) is 23.1 Å². The summed E-state index contributed by atoms with van der Waals surface area (Å²) in [6.07, 6.45) is 0. The van der Waals surface area contributed by atoms with Crippen LogP contribution in [0.4, 0.5) is 10.1 Å². The zero-order chi connectivity index (χ0) is 15.4. The summed E-state index contributed by atoms with van der Waals surface area (Å²) in [7, 11) is 4.48. The topological polar surface area (TPSA) is 62.9 Å². The van der Waals surface area contributed by atoms with E-state index in [1.165, 1.54) is 33.5 Å². The largest absolute Gasteiger partial charge is 0.493 e. The number of benzene rings is 2. The highest BCUT2D eigenvalue weighted by molar-refractivity contribution is 5.56. The van der Waals surface area contributed by atoms with E-state index in [1.54, 1.807) is 18.2 Å². The first-order valence-electron chi connectivity index (χ1n) is 6.12. The van der Waals surface area contributed by atoms with Gasteiger partial charge in [0, 0.05) is 23.9 Å². The van der Waals surface area contributed by atoms with E-state index in [1.807, 2.05) is 0 Å². The van der Waals surface area contributed by atoms with Crippen LogP contribution >= 0.6 is 0 Å². The summed E-state index contributed by atoms with van der Waals surface area (Å²) in [6.45, 7) is 0. The third kappa shape index (κ3) is 3.10. The number of ether oxygens (including phenoxy) is 4. The molecule has 2 rings (SSSR count). The molecule has 112 valence electrons. The molecule has 0 unspecified atom stereocenters. The second kappa shape index (κ2) is 6.21. The van der Waals surface area contributed by atoms with E-state index >= 15 is 0 Å². The lowest BCUT2D eigenvalue weighted by Crippen LogP contribution is -1.97. The summed E-state index contributed by atoms with van der Waals surface area (Å²) >= 11 is 0. The van der Waals surface area contributed by atoms with Gasteiger partial charge in [0.1, 0.15) is 5.75 Å². The standard InChI is InChI=1S/C15H16FNO4/c1-18-13-7-10(8-14(19-2)15(13)20-3)21-12-5-4-9(17)6-11(12)16/h4-8H,17H2,1-3H3. The summed E-state index contributed by atoms with van der Waals surface area (Å²) in [5.74, 6) is 1.13. The van der Waals surface area contributed by atoms with Crippen molar-refractivity contribution in [3.05, 3.63) is 36.1 Å². The Balaban J connectivity index is 2.40. The van der Waals surface area contributed by atoms with Crippen LogP contribution < -0.4 is 24.7 Å². The van der Waals surface area contributed by atoms with Crippen molar-refractivity contribution in [3.63, 3.8) is 0 Å².